The molecule has 11 heteroatoms. The summed E-state index contributed by atoms with van der Waals surface area (Å²) in [6, 6.07) is 16.9. The van der Waals surface area contributed by atoms with Crippen molar-refractivity contribution in [3.05, 3.63) is 93.3 Å². The molecule has 0 radical (unpaired) electrons. The van der Waals surface area contributed by atoms with Gasteiger partial charge < -0.3 is 5.32 Å². The topological polar surface area (TPSA) is 111 Å². The standard InChI is InChI=1S/C23H20ClN3O4S3/c24-18-5-2-1-4-16(18)13-22(28)26-19(20-14-33-23(27-20)21-6-3-11-32-21)12-15-7-9-17(10-8-15)34(29,30)31-25/h1-11,14,19H,12-13,25H2,(H,26,28)/t19-/m0/s1. The van der Waals surface area contributed by atoms with Crippen LogP contribution >= 0.6 is 34.3 Å². The van der Waals surface area contributed by atoms with Crippen molar-refractivity contribution in [1.29, 1.82) is 0 Å². The van der Waals surface area contributed by atoms with Crippen LogP contribution in [0, 0.1) is 0 Å². The molecule has 3 N–H and O–H groups in total. The van der Waals surface area contributed by atoms with Gasteiger partial charge >= 0.3 is 10.1 Å². The largest absolute Gasteiger partial charge is 0.347 e. The van der Waals surface area contributed by atoms with Gasteiger partial charge in [-0.2, -0.15) is 18.6 Å². The van der Waals surface area contributed by atoms with Crippen LogP contribution in [0.5, 0.6) is 0 Å². The van der Waals surface area contributed by atoms with E-state index in [0.717, 1.165) is 26.7 Å². The third-order valence-electron chi connectivity index (χ3n) is 5.03. The van der Waals surface area contributed by atoms with E-state index in [1.807, 2.05) is 41.1 Å². The molecule has 0 fully saturated rings. The number of nitrogens with zero attached hydrogens (tertiary/aromatic N) is 1. The van der Waals surface area contributed by atoms with Crippen molar-refractivity contribution in [1.82, 2.24) is 10.3 Å². The molecular formula is C23H20ClN3O4S3. The summed E-state index contributed by atoms with van der Waals surface area (Å²) < 4.78 is 27.7. The third kappa shape index (κ3) is 5.90. The van der Waals surface area contributed by atoms with E-state index < -0.39 is 16.2 Å². The number of carbonyl (C=O) groups excluding carboxylic acids is 1. The summed E-state index contributed by atoms with van der Waals surface area (Å²) in [5.41, 5.74) is 2.27. The van der Waals surface area contributed by atoms with Crippen LogP contribution < -0.4 is 11.2 Å². The van der Waals surface area contributed by atoms with Gasteiger partial charge in [-0.1, -0.05) is 48.0 Å². The van der Waals surface area contributed by atoms with Gasteiger partial charge in [0.25, 0.3) is 0 Å². The van der Waals surface area contributed by atoms with Gasteiger partial charge in [-0.05, 0) is 47.2 Å². The highest BCUT2D eigenvalue weighted by atomic mass is 35.5. The van der Waals surface area contributed by atoms with Gasteiger partial charge in [-0.25, -0.2) is 4.98 Å². The van der Waals surface area contributed by atoms with Crippen LogP contribution in [0.25, 0.3) is 9.88 Å². The van der Waals surface area contributed by atoms with E-state index >= 15 is 0 Å². The van der Waals surface area contributed by atoms with Crippen molar-refractivity contribution < 1.29 is 17.5 Å². The quantitative estimate of drug-likeness (QED) is 0.300. The number of nitrogens with two attached hydrogens (primary N) is 1. The minimum absolute atomic E-state index is 0.0494. The van der Waals surface area contributed by atoms with Crippen molar-refractivity contribution in [3.63, 3.8) is 0 Å². The fourth-order valence-electron chi connectivity index (χ4n) is 3.33. The van der Waals surface area contributed by atoms with Gasteiger partial charge in [0.05, 0.1) is 27.9 Å². The number of carbonyl (C=O) groups is 1. The number of rotatable bonds is 9. The smallest absolute Gasteiger partial charge is 0.312 e. The lowest BCUT2D eigenvalue weighted by molar-refractivity contribution is -0.121. The highest BCUT2D eigenvalue weighted by Crippen LogP contribution is 2.31. The summed E-state index contributed by atoms with van der Waals surface area (Å²) in [5, 5.41) is 8.37. The summed E-state index contributed by atoms with van der Waals surface area (Å²) in [4.78, 5) is 18.6. The molecule has 4 aromatic rings. The molecule has 34 heavy (non-hydrogen) atoms. The summed E-state index contributed by atoms with van der Waals surface area (Å²) in [7, 11) is -3.99. The number of hydrogen-bond donors (Lipinski definition) is 2. The van der Waals surface area contributed by atoms with Crippen molar-refractivity contribution in [2.75, 3.05) is 0 Å². The maximum atomic E-state index is 12.9. The molecule has 176 valence electrons. The van der Waals surface area contributed by atoms with E-state index in [1.54, 1.807) is 29.5 Å². The van der Waals surface area contributed by atoms with Crippen LogP contribution in [0.3, 0.4) is 0 Å². The average molecular weight is 534 g/mol. The number of halogens is 1. The Morgan fingerprint density at radius 3 is 2.53 bits per heavy atom. The monoisotopic (exact) mass is 533 g/mol. The minimum atomic E-state index is -3.99. The summed E-state index contributed by atoms with van der Waals surface area (Å²) in [5.74, 6) is 4.66. The van der Waals surface area contributed by atoms with Crippen LogP contribution in [-0.4, -0.2) is 19.3 Å². The predicted molar refractivity (Wildman–Crippen MR) is 134 cm³/mol. The second-order valence-electron chi connectivity index (χ2n) is 7.34. The van der Waals surface area contributed by atoms with Crippen molar-refractivity contribution in [2.45, 2.75) is 23.8 Å². The lowest BCUT2D eigenvalue weighted by Gasteiger charge is -2.18. The molecule has 0 aliphatic carbocycles. The molecule has 0 spiro atoms. The molecule has 0 saturated carbocycles. The van der Waals surface area contributed by atoms with E-state index in [1.165, 1.54) is 23.5 Å². The van der Waals surface area contributed by atoms with Gasteiger partial charge in [0, 0.05) is 10.4 Å². The minimum Gasteiger partial charge on any atom is -0.347 e. The molecule has 7 nitrogen and oxygen atoms in total. The maximum Gasteiger partial charge on any atom is 0.312 e. The van der Waals surface area contributed by atoms with Gasteiger partial charge in [0.1, 0.15) is 5.01 Å². The van der Waals surface area contributed by atoms with Crippen molar-refractivity contribution in [2.24, 2.45) is 5.90 Å². The first kappa shape index (κ1) is 24.5. The van der Waals surface area contributed by atoms with Gasteiger partial charge in [-0.15, -0.1) is 22.7 Å². The summed E-state index contributed by atoms with van der Waals surface area (Å²) in [6.07, 6.45) is 0.537. The molecule has 0 unspecified atom stereocenters. The van der Waals surface area contributed by atoms with Crippen LogP contribution in [-0.2, 0) is 32.0 Å². The molecule has 0 aliphatic heterocycles. The summed E-state index contributed by atoms with van der Waals surface area (Å²) >= 11 is 9.32. The van der Waals surface area contributed by atoms with Crippen LogP contribution in [0.2, 0.25) is 5.02 Å². The number of aromatic nitrogens is 1. The SMILES string of the molecule is NOS(=O)(=O)c1ccc(C[C@H](NC(=O)Cc2ccccc2Cl)c2csc(-c3cccs3)n2)cc1. The molecule has 2 aromatic carbocycles. The first-order valence-corrected chi connectivity index (χ1v) is 13.6. The Bertz CT molecular complexity index is 1370. The molecule has 0 aliphatic rings. The van der Waals surface area contributed by atoms with E-state index in [9.17, 15) is 13.2 Å². The second-order valence-corrected chi connectivity index (χ2v) is 11.1. The van der Waals surface area contributed by atoms with Crippen molar-refractivity contribution in [3.8, 4) is 9.88 Å². The molecular weight excluding hydrogens is 514 g/mol. The fraction of sp³-hybridized carbons (Fsp3) is 0.130. The Kier molecular flexibility index (Phi) is 7.77. The number of thiazole rings is 1. The predicted octanol–water partition coefficient (Wildman–Crippen LogP) is 4.75. The Hall–Kier alpha value is -2.60. The van der Waals surface area contributed by atoms with Gasteiger partial charge in [0.2, 0.25) is 5.91 Å². The average Bonchev–Trinajstić information content (AvgIpc) is 3.53. The zero-order valence-electron chi connectivity index (χ0n) is 17.7. The van der Waals surface area contributed by atoms with E-state index in [-0.39, 0.29) is 17.2 Å². The molecule has 0 bridgehead atoms. The van der Waals surface area contributed by atoms with E-state index in [4.69, 9.17) is 22.5 Å². The lowest BCUT2D eigenvalue weighted by Crippen LogP contribution is -2.31. The molecule has 1 atom stereocenters. The lowest BCUT2D eigenvalue weighted by atomic mass is 10.0. The third-order valence-corrected chi connectivity index (χ3v) is 8.40. The molecule has 4 rings (SSSR count). The Morgan fingerprint density at radius 1 is 1.09 bits per heavy atom. The Balaban J connectivity index is 1.57. The normalized spacial score (nSPS) is 12.4. The Morgan fingerprint density at radius 2 is 1.85 bits per heavy atom. The number of amides is 1. The number of hydrogen-bond acceptors (Lipinski definition) is 8. The number of benzene rings is 2. The zero-order valence-corrected chi connectivity index (χ0v) is 20.9. The van der Waals surface area contributed by atoms with Crippen molar-refractivity contribution >= 4 is 50.3 Å². The van der Waals surface area contributed by atoms with E-state index in [0.29, 0.717) is 11.4 Å². The highest BCUT2D eigenvalue weighted by Gasteiger charge is 2.21. The fourth-order valence-corrected chi connectivity index (χ4v) is 5.80. The first-order chi connectivity index (χ1) is 16.4. The molecule has 1 amide bonds. The molecule has 0 saturated heterocycles. The zero-order chi connectivity index (χ0) is 24.1. The van der Waals surface area contributed by atoms with E-state index in [2.05, 4.69) is 9.60 Å². The molecule has 2 heterocycles. The Labute approximate surface area is 210 Å². The second kappa shape index (κ2) is 10.8. The van der Waals surface area contributed by atoms with Gasteiger partial charge in [0.15, 0.2) is 0 Å². The summed E-state index contributed by atoms with van der Waals surface area (Å²) in [6.45, 7) is 0. The number of nitrogens with one attached hydrogen (secondary N) is 1. The van der Waals surface area contributed by atoms with Crippen LogP contribution in [0.15, 0.2) is 76.3 Å². The number of thiophene rings is 1. The van der Waals surface area contributed by atoms with Crippen LogP contribution in [0.1, 0.15) is 22.9 Å². The van der Waals surface area contributed by atoms with Crippen LogP contribution in [0.4, 0.5) is 0 Å². The maximum absolute atomic E-state index is 12.9. The first-order valence-electron chi connectivity index (χ1n) is 10.1. The van der Waals surface area contributed by atoms with Gasteiger partial charge in [-0.3, -0.25) is 4.79 Å². The highest BCUT2D eigenvalue weighted by molar-refractivity contribution is 7.86. The molecule has 2 aromatic heterocycles.